The van der Waals surface area contributed by atoms with Crippen molar-refractivity contribution in [2.75, 3.05) is 19.6 Å². The number of sulfonamides is 1. The quantitative estimate of drug-likeness (QED) is 0.833. The van der Waals surface area contributed by atoms with Gasteiger partial charge < -0.3 is 10.0 Å². The molecule has 1 aliphatic rings. The third-order valence-corrected chi connectivity index (χ3v) is 5.22. The number of hydrogen-bond acceptors (Lipinski definition) is 4. The summed E-state index contributed by atoms with van der Waals surface area (Å²) in [6.45, 7) is 4.53. The number of β-amino-alcohol motifs (C(OH)–C–C–N with tert-alkyl or cyclic N) is 1. The van der Waals surface area contributed by atoms with E-state index < -0.39 is 15.6 Å². The maximum atomic E-state index is 12.2. The van der Waals surface area contributed by atoms with Crippen molar-refractivity contribution in [1.82, 2.24) is 9.62 Å². The van der Waals surface area contributed by atoms with Crippen molar-refractivity contribution < 1.29 is 18.3 Å². The molecule has 0 aliphatic carbocycles. The molecule has 1 aromatic carbocycles. The van der Waals surface area contributed by atoms with Crippen LogP contribution in [0.2, 0.25) is 0 Å². The third kappa shape index (κ3) is 3.25. The summed E-state index contributed by atoms with van der Waals surface area (Å²) in [6.07, 6.45) is 0.608. The van der Waals surface area contributed by atoms with Crippen LogP contribution in [0.1, 0.15) is 30.6 Å². The van der Waals surface area contributed by atoms with Crippen molar-refractivity contribution in [3.05, 3.63) is 29.8 Å². The summed E-state index contributed by atoms with van der Waals surface area (Å²) in [5.41, 5.74) is -0.354. The number of likely N-dealkylation sites (tertiary alicyclic amines) is 1. The number of nitrogens with zero attached hydrogens (tertiary/aromatic N) is 1. The zero-order chi connectivity index (χ0) is 15.7. The Morgan fingerprint density at radius 1 is 1.29 bits per heavy atom. The second-order valence-corrected chi connectivity index (χ2v) is 7.03. The normalized spacial score (nSPS) is 17.4. The summed E-state index contributed by atoms with van der Waals surface area (Å²) in [5.74, 6) is -0.194. The highest BCUT2D eigenvalue weighted by molar-refractivity contribution is 7.89. The first kappa shape index (κ1) is 15.9. The minimum absolute atomic E-state index is 0.134. The molecule has 0 aromatic heterocycles. The van der Waals surface area contributed by atoms with Crippen LogP contribution in [0.5, 0.6) is 0 Å². The van der Waals surface area contributed by atoms with Gasteiger partial charge in [0.2, 0.25) is 10.0 Å². The maximum absolute atomic E-state index is 12.2. The minimum Gasteiger partial charge on any atom is -0.386 e. The summed E-state index contributed by atoms with van der Waals surface area (Å²) in [7, 11) is -3.50. The lowest BCUT2D eigenvalue weighted by molar-refractivity contribution is -0.0826. The number of benzene rings is 1. The predicted molar refractivity (Wildman–Crippen MR) is 78.4 cm³/mol. The minimum atomic E-state index is -3.50. The smallest absolute Gasteiger partial charge is 0.254 e. The molecule has 7 heteroatoms. The first-order chi connectivity index (χ1) is 9.81. The van der Waals surface area contributed by atoms with Crippen LogP contribution < -0.4 is 4.72 Å². The van der Waals surface area contributed by atoms with Crippen molar-refractivity contribution in [1.29, 1.82) is 0 Å². The molecule has 116 valence electrons. The van der Waals surface area contributed by atoms with E-state index in [2.05, 4.69) is 4.72 Å². The number of carbonyl (C=O) groups is 1. The van der Waals surface area contributed by atoms with E-state index >= 15 is 0 Å². The Bertz CT molecular complexity index is 619. The predicted octanol–water partition coefficient (Wildman–Crippen LogP) is 0.582. The van der Waals surface area contributed by atoms with E-state index in [4.69, 9.17) is 0 Å². The van der Waals surface area contributed by atoms with Gasteiger partial charge in [-0.25, -0.2) is 13.1 Å². The lowest BCUT2D eigenvalue weighted by atomic mass is 9.91. The second kappa shape index (κ2) is 5.75. The fourth-order valence-corrected chi connectivity index (χ4v) is 3.31. The van der Waals surface area contributed by atoms with Gasteiger partial charge in [-0.2, -0.15) is 0 Å². The summed E-state index contributed by atoms with van der Waals surface area (Å²) in [5, 5.41) is 9.91. The maximum Gasteiger partial charge on any atom is 0.254 e. The first-order valence-corrected chi connectivity index (χ1v) is 8.41. The molecule has 0 radical (unpaired) electrons. The molecule has 21 heavy (non-hydrogen) atoms. The Hall–Kier alpha value is -1.44. The molecule has 2 N–H and O–H groups in total. The van der Waals surface area contributed by atoms with Crippen molar-refractivity contribution >= 4 is 15.9 Å². The monoisotopic (exact) mass is 312 g/mol. The van der Waals surface area contributed by atoms with E-state index in [1.54, 1.807) is 11.8 Å². The largest absolute Gasteiger partial charge is 0.386 e. The summed E-state index contributed by atoms with van der Waals surface area (Å²) < 4.78 is 26.0. The van der Waals surface area contributed by atoms with Gasteiger partial charge in [0.05, 0.1) is 23.6 Å². The second-order valence-electron chi connectivity index (χ2n) is 5.26. The highest BCUT2D eigenvalue weighted by Crippen LogP contribution is 2.26. The average molecular weight is 312 g/mol. The third-order valence-electron chi connectivity index (χ3n) is 3.66. The Kier molecular flexibility index (Phi) is 4.36. The van der Waals surface area contributed by atoms with Gasteiger partial charge in [-0.15, -0.1) is 0 Å². The molecule has 0 spiro atoms. The molecule has 1 aromatic rings. The van der Waals surface area contributed by atoms with E-state index in [-0.39, 0.29) is 10.8 Å². The van der Waals surface area contributed by atoms with Crippen LogP contribution in [0, 0.1) is 0 Å². The van der Waals surface area contributed by atoms with Gasteiger partial charge in [0, 0.05) is 12.1 Å². The molecule has 1 fully saturated rings. The lowest BCUT2D eigenvalue weighted by Crippen LogP contribution is -2.63. The highest BCUT2D eigenvalue weighted by atomic mass is 32.2. The molecule has 0 bridgehead atoms. The summed E-state index contributed by atoms with van der Waals surface area (Å²) >= 11 is 0. The molecule has 1 saturated heterocycles. The van der Waals surface area contributed by atoms with Crippen LogP contribution in [0.15, 0.2) is 29.2 Å². The molecule has 6 nitrogen and oxygen atoms in total. The van der Waals surface area contributed by atoms with Crippen molar-refractivity contribution in [3.63, 3.8) is 0 Å². The number of aliphatic hydroxyl groups is 1. The van der Waals surface area contributed by atoms with E-state index in [0.29, 0.717) is 31.6 Å². The Morgan fingerprint density at radius 2 is 1.86 bits per heavy atom. The fourth-order valence-electron chi connectivity index (χ4n) is 2.26. The Morgan fingerprint density at radius 3 is 2.33 bits per heavy atom. The van der Waals surface area contributed by atoms with Crippen molar-refractivity contribution in [2.45, 2.75) is 30.8 Å². The van der Waals surface area contributed by atoms with Crippen molar-refractivity contribution in [3.8, 4) is 0 Å². The highest BCUT2D eigenvalue weighted by Gasteiger charge is 2.42. The molecular formula is C14H20N2O4S. The fraction of sp³-hybridized carbons (Fsp3) is 0.500. The first-order valence-electron chi connectivity index (χ1n) is 6.93. The van der Waals surface area contributed by atoms with Gasteiger partial charge in [0.15, 0.2) is 0 Å². The van der Waals surface area contributed by atoms with Crippen LogP contribution >= 0.6 is 0 Å². The van der Waals surface area contributed by atoms with E-state index in [0.717, 1.165) is 0 Å². The average Bonchev–Trinajstić information content (AvgIpc) is 2.43. The molecule has 0 unspecified atom stereocenters. The number of nitrogens with one attached hydrogen (secondary N) is 1. The topological polar surface area (TPSA) is 86.7 Å². The van der Waals surface area contributed by atoms with Gasteiger partial charge >= 0.3 is 0 Å². The van der Waals surface area contributed by atoms with Crippen LogP contribution in [0.3, 0.4) is 0 Å². The number of hydrogen-bond donors (Lipinski definition) is 2. The van der Waals surface area contributed by atoms with Gasteiger partial charge in [0.1, 0.15) is 0 Å². The van der Waals surface area contributed by atoms with Gasteiger partial charge in [-0.1, -0.05) is 13.8 Å². The molecule has 0 saturated carbocycles. The van der Waals surface area contributed by atoms with Crippen LogP contribution in [0.25, 0.3) is 0 Å². The van der Waals surface area contributed by atoms with E-state index in [9.17, 15) is 18.3 Å². The van der Waals surface area contributed by atoms with Crippen LogP contribution in [-0.2, 0) is 10.0 Å². The summed E-state index contributed by atoms with van der Waals surface area (Å²) in [4.78, 5) is 13.9. The van der Waals surface area contributed by atoms with Crippen LogP contribution in [0.4, 0.5) is 0 Å². The lowest BCUT2D eigenvalue weighted by Gasteiger charge is -2.46. The van der Waals surface area contributed by atoms with E-state index in [1.165, 1.54) is 24.3 Å². The molecular weight excluding hydrogens is 292 g/mol. The Balaban J connectivity index is 2.08. The number of rotatable bonds is 5. The standard InChI is InChI=1S/C14H20N2O4S/c1-3-14(18)9-16(10-14)13(17)11-5-7-12(8-6-11)21(19,20)15-4-2/h5-8,15,18H,3-4,9-10H2,1-2H3. The van der Waals surface area contributed by atoms with Crippen molar-refractivity contribution in [2.24, 2.45) is 0 Å². The zero-order valence-electron chi connectivity index (χ0n) is 12.2. The summed E-state index contributed by atoms with van der Waals surface area (Å²) in [6, 6.07) is 5.82. The molecule has 2 rings (SSSR count). The SMILES string of the molecule is CCNS(=O)(=O)c1ccc(C(=O)N2CC(O)(CC)C2)cc1. The number of amides is 1. The number of carbonyl (C=O) groups excluding carboxylic acids is 1. The van der Waals surface area contributed by atoms with E-state index in [1.807, 2.05) is 6.92 Å². The molecule has 1 heterocycles. The van der Waals surface area contributed by atoms with Gasteiger partial charge in [0.25, 0.3) is 5.91 Å². The Labute approximate surface area is 124 Å². The van der Waals surface area contributed by atoms with Gasteiger partial charge in [-0.3, -0.25) is 4.79 Å². The van der Waals surface area contributed by atoms with Gasteiger partial charge in [-0.05, 0) is 30.7 Å². The molecule has 0 atom stereocenters. The molecule has 1 amide bonds. The molecule has 1 aliphatic heterocycles. The van der Waals surface area contributed by atoms with Crippen LogP contribution in [-0.4, -0.2) is 49.6 Å². The zero-order valence-corrected chi connectivity index (χ0v) is 13.0.